The van der Waals surface area contributed by atoms with Crippen LogP contribution in [0.1, 0.15) is 15.9 Å². The van der Waals surface area contributed by atoms with E-state index in [2.05, 4.69) is 27.3 Å². The standard InChI is InChI=1S/C10H11IO3/c1-13-9-4-3-7(6-11)5-8(9)10(12)14-2/h3-5H,6H2,1-2H3. The Bertz CT molecular complexity index is 336. The largest absolute Gasteiger partial charge is 0.496 e. The third-order valence-electron chi connectivity index (χ3n) is 1.82. The van der Waals surface area contributed by atoms with Gasteiger partial charge in [0.05, 0.1) is 14.2 Å². The summed E-state index contributed by atoms with van der Waals surface area (Å²) in [5.41, 5.74) is 1.55. The van der Waals surface area contributed by atoms with Gasteiger partial charge in [-0.15, -0.1) is 0 Å². The zero-order valence-corrected chi connectivity index (χ0v) is 10.2. The molecule has 0 heterocycles. The van der Waals surface area contributed by atoms with Crippen LogP contribution in [-0.2, 0) is 9.16 Å². The molecule has 1 aromatic rings. The summed E-state index contributed by atoms with van der Waals surface area (Å²) in [4.78, 5) is 11.4. The molecule has 14 heavy (non-hydrogen) atoms. The van der Waals surface area contributed by atoms with Crippen molar-refractivity contribution in [1.82, 2.24) is 0 Å². The van der Waals surface area contributed by atoms with Crippen LogP contribution in [0.4, 0.5) is 0 Å². The number of methoxy groups -OCH3 is 2. The van der Waals surface area contributed by atoms with E-state index >= 15 is 0 Å². The number of hydrogen-bond acceptors (Lipinski definition) is 3. The molecule has 0 amide bonds. The molecule has 0 atom stereocenters. The molecule has 0 unspecified atom stereocenters. The van der Waals surface area contributed by atoms with Crippen LogP contribution in [0.3, 0.4) is 0 Å². The lowest BCUT2D eigenvalue weighted by Gasteiger charge is -2.07. The zero-order valence-electron chi connectivity index (χ0n) is 8.04. The summed E-state index contributed by atoms with van der Waals surface area (Å²) in [6.45, 7) is 0. The number of carbonyl (C=O) groups is 1. The first kappa shape index (κ1) is 11.3. The van der Waals surface area contributed by atoms with Crippen LogP contribution in [0.15, 0.2) is 18.2 Å². The highest BCUT2D eigenvalue weighted by molar-refractivity contribution is 14.1. The van der Waals surface area contributed by atoms with Gasteiger partial charge < -0.3 is 9.47 Å². The first-order valence-electron chi connectivity index (χ1n) is 4.04. The summed E-state index contributed by atoms with van der Waals surface area (Å²) in [6.07, 6.45) is 0. The van der Waals surface area contributed by atoms with Crippen molar-refractivity contribution in [2.45, 2.75) is 4.43 Å². The summed E-state index contributed by atoms with van der Waals surface area (Å²) < 4.78 is 10.6. The number of hydrogen-bond donors (Lipinski definition) is 0. The Morgan fingerprint density at radius 1 is 1.43 bits per heavy atom. The van der Waals surface area contributed by atoms with Gasteiger partial charge in [-0.25, -0.2) is 4.79 Å². The summed E-state index contributed by atoms with van der Waals surface area (Å²) >= 11 is 2.24. The Labute approximate surface area is 96.5 Å². The van der Waals surface area contributed by atoms with Crippen LogP contribution in [0.2, 0.25) is 0 Å². The van der Waals surface area contributed by atoms with Crippen molar-refractivity contribution in [2.24, 2.45) is 0 Å². The second-order valence-electron chi connectivity index (χ2n) is 2.66. The van der Waals surface area contributed by atoms with Gasteiger partial charge in [-0.3, -0.25) is 0 Å². The van der Waals surface area contributed by atoms with E-state index in [0.29, 0.717) is 11.3 Å². The Hall–Kier alpha value is -0.780. The van der Waals surface area contributed by atoms with Gasteiger partial charge in [0.25, 0.3) is 0 Å². The van der Waals surface area contributed by atoms with E-state index in [-0.39, 0.29) is 5.97 Å². The number of halogens is 1. The van der Waals surface area contributed by atoms with E-state index in [1.807, 2.05) is 6.07 Å². The van der Waals surface area contributed by atoms with Crippen LogP contribution in [0.25, 0.3) is 0 Å². The highest BCUT2D eigenvalue weighted by atomic mass is 127. The maximum absolute atomic E-state index is 11.4. The second kappa shape index (κ2) is 5.19. The van der Waals surface area contributed by atoms with Crippen LogP contribution >= 0.6 is 22.6 Å². The highest BCUT2D eigenvalue weighted by Gasteiger charge is 2.12. The molecule has 0 aliphatic rings. The van der Waals surface area contributed by atoms with Crippen molar-refractivity contribution in [3.8, 4) is 5.75 Å². The monoisotopic (exact) mass is 306 g/mol. The Morgan fingerprint density at radius 3 is 2.64 bits per heavy atom. The van der Waals surface area contributed by atoms with Gasteiger partial charge in [-0.1, -0.05) is 28.7 Å². The average Bonchev–Trinajstić information content (AvgIpc) is 2.27. The number of rotatable bonds is 3. The van der Waals surface area contributed by atoms with E-state index in [0.717, 1.165) is 9.99 Å². The summed E-state index contributed by atoms with van der Waals surface area (Å²) in [6, 6.07) is 5.50. The maximum atomic E-state index is 11.4. The van der Waals surface area contributed by atoms with Gasteiger partial charge in [-0.05, 0) is 17.7 Å². The lowest BCUT2D eigenvalue weighted by atomic mass is 10.1. The van der Waals surface area contributed by atoms with Crippen molar-refractivity contribution in [3.63, 3.8) is 0 Å². The molecule has 4 heteroatoms. The van der Waals surface area contributed by atoms with E-state index in [1.54, 1.807) is 12.1 Å². The molecule has 0 saturated carbocycles. The van der Waals surface area contributed by atoms with Crippen molar-refractivity contribution in [2.75, 3.05) is 14.2 Å². The first-order chi connectivity index (χ1) is 6.72. The smallest absolute Gasteiger partial charge is 0.341 e. The summed E-state index contributed by atoms with van der Waals surface area (Å²) in [5, 5.41) is 0. The van der Waals surface area contributed by atoms with Crippen LogP contribution in [0, 0.1) is 0 Å². The van der Waals surface area contributed by atoms with Crippen molar-refractivity contribution in [3.05, 3.63) is 29.3 Å². The third-order valence-corrected chi connectivity index (χ3v) is 2.70. The van der Waals surface area contributed by atoms with Crippen molar-refractivity contribution < 1.29 is 14.3 Å². The molecule has 0 saturated heterocycles. The predicted molar refractivity (Wildman–Crippen MR) is 62.1 cm³/mol. The van der Waals surface area contributed by atoms with Gasteiger partial charge in [0.15, 0.2) is 0 Å². The van der Waals surface area contributed by atoms with E-state index in [4.69, 9.17) is 4.74 Å². The zero-order chi connectivity index (χ0) is 10.6. The molecule has 0 aliphatic heterocycles. The molecular formula is C10H11IO3. The van der Waals surface area contributed by atoms with Gasteiger partial charge in [0.2, 0.25) is 0 Å². The van der Waals surface area contributed by atoms with E-state index in [9.17, 15) is 4.79 Å². The SMILES string of the molecule is COC(=O)c1cc(CI)ccc1OC. The van der Waals surface area contributed by atoms with Crippen LogP contribution in [-0.4, -0.2) is 20.2 Å². The minimum absolute atomic E-state index is 0.367. The topological polar surface area (TPSA) is 35.5 Å². The minimum Gasteiger partial charge on any atom is -0.496 e. The van der Waals surface area contributed by atoms with Gasteiger partial charge >= 0.3 is 5.97 Å². The van der Waals surface area contributed by atoms with Gasteiger partial charge in [0.1, 0.15) is 11.3 Å². The lowest BCUT2D eigenvalue weighted by molar-refractivity contribution is 0.0597. The summed E-state index contributed by atoms with van der Waals surface area (Å²) in [7, 11) is 2.89. The molecule has 76 valence electrons. The molecule has 1 rings (SSSR count). The molecule has 0 fully saturated rings. The highest BCUT2D eigenvalue weighted by Crippen LogP contribution is 2.21. The fourth-order valence-corrected chi connectivity index (χ4v) is 1.58. The lowest BCUT2D eigenvalue weighted by Crippen LogP contribution is -2.04. The molecule has 0 N–H and O–H groups in total. The van der Waals surface area contributed by atoms with E-state index < -0.39 is 0 Å². The van der Waals surface area contributed by atoms with Crippen molar-refractivity contribution >= 4 is 28.6 Å². The number of ether oxygens (including phenoxy) is 2. The number of carbonyl (C=O) groups excluding carboxylic acids is 1. The molecule has 0 aromatic heterocycles. The molecule has 0 radical (unpaired) electrons. The molecular weight excluding hydrogens is 295 g/mol. The Kier molecular flexibility index (Phi) is 4.19. The van der Waals surface area contributed by atoms with Gasteiger partial charge in [0, 0.05) is 4.43 Å². The fourth-order valence-electron chi connectivity index (χ4n) is 1.11. The quantitative estimate of drug-likeness (QED) is 0.489. The normalized spacial score (nSPS) is 9.64. The van der Waals surface area contributed by atoms with Crippen LogP contribution in [0.5, 0.6) is 5.75 Å². The first-order valence-corrected chi connectivity index (χ1v) is 5.56. The molecule has 0 aliphatic carbocycles. The molecule has 0 spiro atoms. The van der Waals surface area contributed by atoms with E-state index in [1.165, 1.54) is 14.2 Å². The fraction of sp³-hybridized carbons (Fsp3) is 0.300. The number of alkyl halides is 1. The minimum atomic E-state index is -0.367. The predicted octanol–water partition coefficient (Wildman–Crippen LogP) is 2.42. The molecule has 0 bridgehead atoms. The average molecular weight is 306 g/mol. The Balaban J connectivity index is 3.14. The second-order valence-corrected chi connectivity index (χ2v) is 3.42. The Morgan fingerprint density at radius 2 is 2.14 bits per heavy atom. The van der Waals surface area contributed by atoms with Crippen molar-refractivity contribution in [1.29, 1.82) is 0 Å². The summed E-state index contributed by atoms with van der Waals surface area (Å²) in [5.74, 6) is 0.180. The third kappa shape index (κ3) is 2.37. The molecule has 1 aromatic carbocycles. The maximum Gasteiger partial charge on any atom is 0.341 e. The number of esters is 1. The van der Waals surface area contributed by atoms with Crippen LogP contribution < -0.4 is 4.74 Å². The molecule has 3 nitrogen and oxygen atoms in total. The van der Waals surface area contributed by atoms with Gasteiger partial charge in [-0.2, -0.15) is 0 Å². The number of benzene rings is 1.